The molecule has 0 aromatic carbocycles. The lowest BCUT2D eigenvalue weighted by molar-refractivity contribution is -0.143. The Hall–Kier alpha value is -1.99. The molecule has 1 atom stereocenters. The van der Waals surface area contributed by atoms with Crippen LogP contribution in [-0.4, -0.2) is 78.7 Å². The minimum atomic E-state index is 0.00320. The van der Waals surface area contributed by atoms with Crippen LogP contribution in [0.2, 0.25) is 0 Å². The van der Waals surface area contributed by atoms with Crippen molar-refractivity contribution in [2.75, 3.05) is 40.0 Å². The Kier molecular flexibility index (Phi) is 6.79. The number of hydrogen-bond donors (Lipinski definition) is 0. The predicted molar refractivity (Wildman–Crippen MR) is 100 cm³/mol. The first kappa shape index (κ1) is 19.8. The quantitative estimate of drug-likeness (QED) is 0.783. The van der Waals surface area contributed by atoms with Crippen molar-refractivity contribution in [1.82, 2.24) is 14.8 Å². The van der Waals surface area contributed by atoms with Crippen LogP contribution in [0.1, 0.15) is 41.7 Å². The average molecular weight is 375 g/mol. The summed E-state index contributed by atoms with van der Waals surface area (Å²) in [7, 11) is 1.54. The summed E-state index contributed by atoms with van der Waals surface area (Å²) < 4.78 is 10.6. The van der Waals surface area contributed by atoms with Crippen LogP contribution in [0.5, 0.6) is 0 Å². The van der Waals surface area contributed by atoms with Crippen molar-refractivity contribution in [2.24, 2.45) is 0 Å². The molecule has 1 aromatic rings. The number of amides is 2. The number of likely N-dealkylation sites (tertiary alicyclic amines) is 1. The lowest BCUT2D eigenvalue weighted by Crippen LogP contribution is -2.56. The third kappa shape index (κ3) is 4.84. The van der Waals surface area contributed by atoms with Crippen molar-refractivity contribution in [1.29, 1.82) is 0 Å². The largest absolute Gasteiger partial charge is 0.381 e. The topological polar surface area (TPSA) is 72.0 Å². The molecule has 3 rings (SSSR count). The van der Waals surface area contributed by atoms with Crippen molar-refractivity contribution in [3.63, 3.8) is 0 Å². The maximum Gasteiger partial charge on any atom is 0.254 e. The van der Waals surface area contributed by atoms with E-state index in [9.17, 15) is 9.59 Å². The normalized spacial score (nSPS) is 21.1. The molecule has 7 nitrogen and oxygen atoms in total. The van der Waals surface area contributed by atoms with Gasteiger partial charge >= 0.3 is 0 Å². The van der Waals surface area contributed by atoms with Crippen LogP contribution in [0, 0.1) is 6.92 Å². The number of aryl methyl sites for hydroxylation is 1. The molecular formula is C20H29N3O4. The highest BCUT2D eigenvalue weighted by Crippen LogP contribution is 2.24. The molecule has 3 heterocycles. The number of nitrogens with zero attached hydrogens (tertiary/aromatic N) is 3. The van der Waals surface area contributed by atoms with Gasteiger partial charge in [0.2, 0.25) is 5.91 Å². The van der Waals surface area contributed by atoms with Crippen molar-refractivity contribution < 1.29 is 19.1 Å². The minimum Gasteiger partial charge on any atom is -0.381 e. The molecule has 2 aliphatic heterocycles. The lowest BCUT2D eigenvalue weighted by Gasteiger charge is -2.44. The Labute approximate surface area is 160 Å². The molecule has 7 heteroatoms. The van der Waals surface area contributed by atoms with E-state index in [4.69, 9.17) is 9.47 Å². The minimum absolute atomic E-state index is 0.00320. The fourth-order valence-electron chi connectivity index (χ4n) is 4.09. The number of ether oxygens (including phenoxy) is 2. The first-order chi connectivity index (χ1) is 13.1. The van der Waals surface area contributed by atoms with Gasteiger partial charge in [0.1, 0.15) is 6.61 Å². The summed E-state index contributed by atoms with van der Waals surface area (Å²) in [5.41, 5.74) is 1.48. The third-order valence-electron chi connectivity index (χ3n) is 5.36. The van der Waals surface area contributed by atoms with Crippen LogP contribution in [0.25, 0.3) is 0 Å². The van der Waals surface area contributed by atoms with E-state index in [2.05, 4.69) is 4.98 Å². The van der Waals surface area contributed by atoms with Gasteiger partial charge in [-0.25, -0.2) is 0 Å². The number of rotatable bonds is 5. The zero-order valence-corrected chi connectivity index (χ0v) is 16.2. The first-order valence-corrected chi connectivity index (χ1v) is 9.70. The van der Waals surface area contributed by atoms with E-state index in [-0.39, 0.29) is 30.5 Å². The molecule has 2 aliphatic rings. The zero-order valence-electron chi connectivity index (χ0n) is 16.2. The monoisotopic (exact) mass is 375 g/mol. The number of hydrogen-bond acceptors (Lipinski definition) is 5. The second-order valence-electron chi connectivity index (χ2n) is 7.31. The van der Waals surface area contributed by atoms with Gasteiger partial charge < -0.3 is 19.3 Å². The Morgan fingerprint density at radius 1 is 1.30 bits per heavy atom. The van der Waals surface area contributed by atoms with Gasteiger partial charge in [0, 0.05) is 63.0 Å². The van der Waals surface area contributed by atoms with E-state index >= 15 is 0 Å². The fraction of sp³-hybridized carbons (Fsp3) is 0.650. The molecule has 0 radical (unpaired) electrons. The number of methoxy groups -OCH3 is 1. The van der Waals surface area contributed by atoms with Crippen LogP contribution < -0.4 is 0 Å². The molecule has 1 unspecified atom stereocenters. The van der Waals surface area contributed by atoms with Crippen molar-refractivity contribution in [3.05, 3.63) is 29.6 Å². The Balaban J connectivity index is 1.75. The van der Waals surface area contributed by atoms with Gasteiger partial charge in [0.15, 0.2) is 0 Å². The molecule has 1 aromatic heterocycles. The maximum absolute atomic E-state index is 12.9. The van der Waals surface area contributed by atoms with Gasteiger partial charge in [-0.05, 0) is 44.7 Å². The van der Waals surface area contributed by atoms with E-state index in [1.165, 1.54) is 0 Å². The Bertz CT molecular complexity index is 660. The summed E-state index contributed by atoms with van der Waals surface area (Å²) in [5.74, 6) is 0.0137. The summed E-state index contributed by atoms with van der Waals surface area (Å²) in [6.07, 6.45) is 5.14. The van der Waals surface area contributed by atoms with Gasteiger partial charge in [-0.3, -0.25) is 14.6 Å². The fourth-order valence-corrected chi connectivity index (χ4v) is 4.09. The molecule has 2 amide bonds. The van der Waals surface area contributed by atoms with Gasteiger partial charge in [0.05, 0.1) is 0 Å². The van der Waals surface area contributed by atoms with Gasteiger partial charge in [0.25, 0.3) is 5.91 Å². The zero-order chi connectivity index (χ0) is 19.2. The molecular weight excluding hydrogens is 346 g/mol. The third-order valence-corrected chi connectivity index (χ3v) is 5.36. The standard InChI is InChI=1S/C20H29N3O4/c1-15-12-16(5-8-21-15)20(25)22-9-3-4-18(13-22)23(19(24)14-26-2)17-6-10-27-11-7-17/h5,8,12,17-18H,3-4,6-7,9-11,13-14H2,1-2H3. The van der Waals surface area contributed by atoms with E-state index in [1.54, 1.807) is 19.4 Å². The number of carbonyl (C=O) groups excluding carboxylic acids is 2. The molecule has 27 heavy (non-hydrogen) atoms. The SMILES string of the molecule is COCC(=O)N(C1CCOCC1)C1CCCN(C(=O)c2ccnc(C)c2)C1. The highest BCUT2D eigenvalue weighted by Gasteiger charge is 2.35. The molecule has 2 saturated heterocycles. The average Bonchev–Trinajstić information content (AvgIpc) is 2.69. The van der Waals surface area contributed by atoms with Gasteiger partial charge in [-0.15, -0.1) is 0 Å². The van der Waals surface area contributed by atoms with Crippen molar-refractivity contribution >= 4 is 11.8 Å². The summed E-state index contributed by atoms with van der Waals surface area (Å²) >= 11 is 0. The second-order valence-corrected chi connectivity index (χ2v) is 7.31. The van der Waals surface area contributed by atoms with Gasteiger partial charge in [-0.1, -0.05) is 0 Å². The summed E-state index contributed by atoms with van der Waals surface area (Å²) in [4.78, 5) is 33.7. The molecule has 148 valence electrons. The van der Waals surface area contributed by atoms with Crippen molar-refractivity contribution in [3.8, 4) is 0 Å². The van der Waals surface area contributed by atoms with Crippen LogP contribution >= 0.6 is 0 Å². The lowest BCUT2D eigenvalue weighted by atomic mass is 9.98. The van der Waals surface area contributed by atoms with Crippen LogP contribution in [0.3, 0.4) is 0 Å². The van der Waals surface area contributed by atoms with Crippen molar-refractivity contribution in [2.45, 2.75) is 44.7 Å². The Morgan fingerprint density at radius 3 is 2.78 bits per heavy atom. The van der Waals surface area contributed by atoms with E-state index < -0.39 is 0 Å². The van der Waals surface area contributed by atoms with E-state index in [0.29, 0.717) is 25.3 Å². The molecule has 0 spiro atoms. The number of piperidine rings is 1. The Morgan fingerprint density at radius 2 is 2.07 bits per heavy atom. The first-order valence-electron chi connectivity index (χ1n) is 9.70. The molecule has 2 fully saturated rings. The summed E-state index contributed by atoms with van der Waals surface area (Å²) in [5, 5.41) is 0. The second kappa shape index (κ2) is 9.28. The predicted octanol–water partition coefficient (Wildman–Crippen LogP) is 1.65. The van der Waals surface area contributed by atoms with E-state index in [0.717, 1.165) is 37.9 Å². The molecule has 0 bridgehead atoms. The number of aromatic nitrogens is 1. The highest BCUT2D eigenvalue weighted by molar-refractivity contribution is 5.94. The molecule has 0 N–H and O–H groups in total. The summed E-state index contributed by atoms with van der Waals surface area (Å²) in [6.45, 7) is 4.58. The maximum atomic E-state index is 12.9. The van der Waals surface area contributed by atoms with Gasteiger partial charge in [-0.2, -0.15) is 0 Å². The highest BCUT2D eigenvalue weighted by atomic mass is 16.5. The van der Waals surface area contributed by atoms with E-state index in [1.807, 2.05) is 22.8 Å². The molecule has 0 saturated carbocycles. The number of carbonyl (C=O) groups is 2. The van der Waals surface area contributed by atoms with Crippen LogP contribution in [0.15, 0.2) is 18.3 Å². The number of pyridine rings is 1. The molecule has 0 aliphatic carbocycles. The van der Waals surface area contributed by atoms with Crippen LogP contribution in [0.4, 0.5) is 0 Å². The smallest absolute Gasteiger partial charge is 0.254 e. The summed E-state index contributed by atoms with van der Waals surface area (Å²) in [6, 6.07) is 3.75. The van der Waals surface area contributed by atoms with Crippen LogP contribution in [-0.2, 0) is 14.3 Å².